The van der Waals surface area contributed by atoms with Crippen molar-refractivity contribution in [2.24, 2.45) is 5.92 Å². The average molecular weight is 491 g/mol. The maximum Gasteiger partial charge on any atom is 0.259 e. The number of benzene rings is 1. The predicted octanol–water partition coefficient (Wildman–Crippen LogP) is 3.32. The van der Waals surface area contributed by atoms with Crippen LogP contribution in [0.25, 0.3) is 10.2 Å². The van der Waals surface area contributed by atoms with Crippen molar-refractivity contribution < 1.29 is 12.8 Å². The predicted molar refractivity (Wildman–Crippen MR) is 127 cm³/mol. The molecule has 1 aromatic carbocycles. The van der Waals surface area contributed by atoms with Gasteiger partial charge in [-0.3, -0.25) is 9.69 Å². The summed E-state index contributed by atoms with van der Waals surface area (Å²) in [6.45, 7) is 5.65. The van der Waals surface area contributed by atoms with Crippen LogP contribution in [0.2, 0.25) is 0 Å². The molecule has 3 aromatic rings. The summed E-state index contributed by atoms with van der Waals surface area (Å²) < 4.78 is 41.2. The average Bonchev–Trinajstić information content (AvgIpc) is 3.16. The number of nitrogens with zero attached hydrogens (tertiary/aromatic N) is 3. The lowest BCUT2D eigenvalue weighted by atomic mass is 9.89. The van der Waals surface area contributed by atoms with Gasteiger partial charge in [-0.15, -0.1) is 11.3 Å². The largest absolute Gasteiger partial charge is 0.309 e. The number of nitrogens with one attached hydrogen (secondary N) is 1. The molecule has 0 amide bonds. The monoisotopic (exact) mass is 490 g/mol. The van der Waals surface area contributed by atoms with Crippen LogP contribution in [0.3, 0.4) is 0 Å². The van der Waals surface area contributed by atoms with Crippen LogP contribution in [-0.4, -0.2) is 53.8 Å². The van der Waals surface area contributed by atoms with E-state index in [9.17, 15) is 17.6 Å². The molecule has 33 heavy (non-hydrogen) atoms. The molecule has 1 fully saturated rings. The van der Waals surface area contributed by atoms with Crippen molar-refractivity contribution in [1.29, 1.82) is 0 Å². The molecule has 2 aromatic heterocycles. The highest BCUT2D eigenvalue weighted by Gasteiger charge is 2.33. The fourth-order valence-electron chi connectivity index (χ4n) is 4.86. The first-order chi connectivity index (χ1) is 15.8. The molecule has 5 rings (SSSR count). The van der Waals surface area contributed by atoms with E-state index in [1.54, 1.807) is 11.3 Å². The van der Waals surface area contributed by atoms with Gasteiger partial charge < -0.3 is 4.98 Å². The number of aryl methyl sites for hydroxylation is 1. The number of rotatable bonds is 4. The molecule has 2 atom stereocenters. The van der Waals surface area contributed by atoms with E-state index < -0.39 is 15.8 Å². The number of piperazine rings is 1. The number of aromatic nitrogens is 2. The minimum atomic E-state index is -3.89. The first kappa shape index (κ1) is 22.6. The Kier molecular flexibility index (Phi) is 5.88. The fraction of sp³-hybridized carbons (Fsp3) is 0.478. The Hall–Kier alpha value is -2.14. The molecule has 1 aliphatic heterocycles. The maximum absolute atomic E-state index is 14.1. The van der Waals surface area contributed by atoms with Crippen LogP contribution in [0.4, 0.5) is 4.39 Å². The minimum Gasteiger partial charge on any atom is -0.309 e. The van der Waals surface area contributed by atoms with E-state index in [2.05, 4.69) is 16.8 Å². The zero-order valence-corrected chi connectivity index (χ0v) is 20.3. The Morgan fingerprint density at radius 2 is 1.94 bits per heavy atom. The summed E-state index contributed by atoms with van der Waals surface area (Å²) in [5, 5.41) is 0.735. The van der Waals surface area contributed by atoms with E-state index in [4.69, 9.17) is 4.98 Å². The minimum absolute atomic E-state index is 0.0883. The molecule has 0 saturated carbocycles. The SMILES string of the molecule is C[C@H]1CCc2c(sc3nc([C@H](C)N4CCN(S(=O)(=O)c5ccccc5F)CC4)[nH]c(=O)c23)C1. The van der Waals surface area contributed by atoms with E-state index in [1.807, 2.05) is 6.92 Å². The van der Waals surface area contributed by atoms with Crippen molar-refractivity contribution in [1.82, 2.24) is 19.2 Å². The number of halogens is 1. The molecule has 176 valence electrons. The molecule has 1 aliphatic carbocycles. The number of aromatic amines is 1. The standard InChI is InChI=1S/C23H27FN4O3S2/c1-14-7-8-16-18(13-14)32-23-20(16)22(29)25-21(26-23)15(2)27-9-11-28(12-10-27)33(30,31)19-6-4-3-5-17(19)24/h3-6,14-15H,7-13H2,1-2H3,(H,25,26,29)/t14-,15-/m0/s1. The Morgan fingerprint density at radius 1 is 1.21 bits per heavy atom. The highest BCUT2D eigenvalue weighted by molar-refractivity contribution is 7.89. The van der Waals surface area contributed by atoms with Crippen molar-refractivity contribution in [3.63, 3.8) is 0 Å². The van der Waals surface area contributed by atoms with E-state index in [0.29, 0.717) is 24.8 Å². The van der Waals surface area contributed by atoms with Crippen LogP contribution in [0, 0.1) is 11.7 Å². The van der Waals surface area contributed by atoms with Gasteiger partial charge in [-0.05, 0) is 49.8 Å². The van der Waals surface area contributed by atoms with Gasteiger partial charge in [-0.25, -0.2) is 17.8 Å². The summed E-state index contributed by atoms with van der Waals surface area (Å²) in [5.41, 5.74) is 1.07. The topological polar surface area (TPSA) is 86.4 Å². The van der Waals surface area contributed by atoms with Crippen LogP contribution in [0.15, 0.2) is 34.0 Å². The van der Waals surface area contributed by atoms with E-state index in [0.717, 1.165) is 41.1 Å². The molecular weight excluding hydrogens is 463 g/mol. The molecule has 3 heterocycles. The van der Waals surface area contributed by atoms with E-state index >= 15 is 0 Å². The van der Waals surface area contributed by atoms with Gasteiger partial charge in [-0.2, -0.15) is 4.31 Å². The second-order valence-corrected chi connectivity index (χ2v) is 12.0. The second kappa shape index (κ2) is 8.57. The van der Waals surface area contributed by atoms with E-state index in [1.165, 1.54) is 27.4 Å². The van der Waals surface area contributed by atoms with Gasteiger partial charge in [0.1, 0.15) is 21.4 Å². The van der Waals surface area contributed by atoms with Crippen LogP contribution in [0.5, 0.6) is 0 Å². The summed E-state index contributed by atoms with van der Waals surface area (Å²) >= 11 is 1.63. The summed E-state index contributed by atoms with van der Waals surface area (Å²) in [7, 11) is -3.89. The van der Waals surface area contributed by atoms with Crippen molar-refractivity contribution in [2.45, 2.75) is 44.0 Å². The lowest BCUT2D eigenvalue weighted by Crippen LogP contribution is -2.49. The normalized spacial score (nSPS) is 21.2. The molecule has 0 bridgehead atoms. The van der Waals surface area contributed by atoms with Crippen LogP contribution in [0.1, 0.15) is 42.6 Å². The van der Waals surface area contributed by atoms with Gasteiger partial charge in [0.25, 0.3) is 5.56 Å². The van der Waals surface area contributed by atoms with Gasteiger partial charge in [0.2, 0.25) is 10.0 Å². The lowest BCUT2D eigenvalue weighted by molar-refractivity contribution is 0.141. The molecule has 0 radical (unpaired) electrons. The number of hydrogen-bond acceptors (Lipinski definition) is 6. The smallest absolute Gasteiger partial charge is 0.259 e. The van der Waals surface area contributed by atoms with Crippen LogP contribution < -0.4 is 5.56 Å². The molecule has 2 aliphatic rings. The molecule has 10 heteroatoms. The van der Waals surface area contributed by atoms with Gasteiger partial charge >= 0.3 is 0 Å². The third kappa shape index (κ3) is 4.03. The Bertz CT molecular complexity index is 1360. The van der Waals surface area contributed by atoms with Gasteiger partial charge in [0.15, 0.2) is 0 Å². The first-order valence-corrected chi connectivity index (χ1v) is 13.5. The molecule has 0 spiro atoms. The second-order valence-electron chi connectivity index (χ2n) is 9.03. The number of fused-ring (bicyclic) bond motifs is 3. The first-order valence-electron chi connectivity index (χ1n) is 11.3. The highest BCUT2D eigenvalue weighted by atomic mass is 32.2. The zero-order chi connectivity index (χ0) is 23.3. The molecule has 7 nitrogen and oxygen atoms in total. The number of sulfonamides is 1. The van der Waals surface area contributed by atoms with Crippen molar-refractivity contribution in [2.75, 3.05) is 26.2 Å². The third-order valence-corrected chi connectivity index (χ3v) is 9.94. The highest BCUT2D eigenvalue weighted by Crippen LogP contribution is 2.36. The van der Waals surface area contributed by atoms with Crippen LogP contribution >= 0.6 is 11.3 Å². The van der Waals surface area contributed by atoms with Crippen molar-refractivity contribution in [3.8, 4) is 0 Å². The van der Waals surface area contributed by atoms with Crippen molar-refractivity contribution in [3.05, 3.63) is 56.7 Å². The molecule has 1 N–H and O–H groups in total. The van der Waals surface area contributed by atoms with Crippen molar-refractivity contribution >= 4 is 31.6 Å². The van der Waals surface area contributed by atoms with Gasteiger partial charge in [-0.1, -0.05) is 19.1 Å². The summed E-state index contributed by atoms with van der Waals surface area (Å²) in [4.78, 5) is 24.6. The summed E-state index contributed by atoms with van der Waals surface area (Å²) in [6, 6.07) is 5.29. The lowest BCUT2D eigenvalue weighted by Gasteiger charge is -2.36. The number of H-pyrrole nitrogens is 1. The Morgan fingerprint density at radius 3 is 2.67 bits per heavy atom. The Balaban J connectivity index is 1.35. The Labute approximate surface area is 196 Å². The zero-order valence-electron chi connectivity index (χ0n) is 18.7. The molecule has 1 saturated heterocycles. The summed E-state index contributed by atoms with van der Waals surface area (Å²) in [6.07, 6.45) is 3.02. The quantitative estimate of drug-likeness (QED) is 0.606. The fourth-order valence-corrected chi connectivity index (χ4v) is 7.74. The van der Waals surface area contributed by atoms with Gasteiger partial charge in [0.05, 0.1) is 11.4 Å². The third-order valence-electron chi connectivity index (χ3n) is 6.85. The number of thiophene rings is 1. The maximum atomic E-state index is 14.1. The summed E-state index contributed by atoms with van der Waals surface area (Å²) in [5.74, 6) is 0.487. The number of hydrogen-bond donors (Lipinski definition) is 1. The molecule has 0 unspecified atom stereocenters. The van der Waals surface area contributed by atoms with Crippen LogP contribution in [-0.2, 0) is 22.9 Å². The molecular formula is C23H27FN4O3S2. The van der Waals surface area contributed by atoms with Gasteiger partial charge in [0, 0.05) is 31.1 Å². The van der Waals surface area contributed by atoms with E-state index in [-0.39, 0.29) is 29.6 Å².